The van der Waals surface area contributed by atoms with E-state index in [4.69, 9.17) is 4.74 Å². The van der Waals surface area contributed by atoms with Crippen LogP contribution in [-0.4, -0.2) is 66.2 Å². The molecule has 0 saturated carbocycles. The predicted molar refractivity (Wildman–Crippen MR) is 128 cm³/mol. The number of piperazine rings is 1. The van der Waals surface area contributed by atoms with Gasteiger partial charge in [-0.1, -0.05) is 6.07 Å². The number of aryl methyl sites for hydroxylation is 2. The van der Waals surface area contributed by atoms with Crippen LogP contribution >= 0.6 is 0 Å². The van der Waals surface area contributed by atoms with E-state index in [1.165, 1.54) is 22.4 Å². The molecule has 10 heteroatoms. The number of aromatic nitrogens is 2. The fourth-order valence-corrected chi connectivity index (χ4v) is 3.78. The molecule has 0 radical (unpaired) electrons. The maximum Gasteiger partial charge on any atom is 0.353 e. The van der Waals surface area contributed by atoms with E-state index in [1.807, 2.05) is 4.90 Å². The Kier molecular flexibility index (Phi) is 7.04. The monoisotopic (exact) mass is 456 g/mol. The highest BCUT2D eigenvalue weighted by Crippen LogP contribution is 2.34. The van der Waals surface area contributed by atoms with Crippen molar-refractivity contribution in [3.63, 3.8) is 0 Å². The highest BCUT2D eigenvalue weighted by Gasteiger charge is 2.32. The number of nitrogens with zero attached hydrogens (tertiary/aromatic N) is 6. The number of likely N-dealkylation sites (N-methyl/N-ethyl adjacent to an activating group) is 1. The molecule has 33 heavy (non-hydrogen) atoms. The van der Waals surface area contributed by atoms with Gasteiger partial charge >= 0.3 is 11.7 Å². The Bertz CT molecular complexity index is 1030. The van der Waals surface area contributed by atoms with E-state index in [1.54, 1.807) is 27.8 Å². The van der Waals surface area contributed by atoms with Crippen LogP contribution in [0.2, 0.25) is 0 Å². The predicted octanol–water partition coefficient (Wildman–Crippen LogP) is 3.11. The number of hydrogen-bond acceptors (Lipinski definition) is 9. The quantitative estimate of drug-likeness (QED) is 0.368. The molecule has 3 rings (SSSR count). The second-order valence-electron chi connectivity index (χ2n) is 9.31. The largest absolute Gasteiger partial charge is 0.459 e. The van der Waals surface area contributed by atoms with E-state index >= 15 is 0 Å². The summed E-state index contributed by atoms with van der Waals surface area (Å²) in [5.74, 6) is -0.130. The fraction of sp³-hybridized carbons (Fsp3) is 0.522. The van der Waals surface area contributed by atoms with Crippen LogP contribution in [-0.2, 0) is 9.53 Å². The third-order valence-electron chi connectivity index (χ3n) is 5.55. The molecular formula is C23H32N6O4. The number of ether oxygens (including phenoxy) is 1. The van der Waals surface area contributed by atoms with E-state index < -0.39 is 16.5 Å². The van der Waals surface area contributed by atoms with Crippen LogP contribution in [0, 0.1) is 24.0 Å². The van der Waals surface area contributed by atoms with Gasteiger partial charge in [-0.15, -0.1) is 0 Å². The summed E-state index contributed by atoms with van der Waals surface area (Å²) in [4.78, 5) is 37.7. The van der Waals surface area contributed by atoms with Crippen molar-refractivity contribution in [3.05, 3.63) is 45.8 Å². The van der Waals surface area contributed by atoms with Crippen molar-refractivity contribution in [3.8, 4) is 0 Å². The molecule has 0 atom stereocenters. The zero-order valence-electron chi connectivity index (χ0n) is 20.2. The number of carbonyl (C=O) groups is 1. The fourth-order valence-electron chi connectivity index (χ4n) is 3.78. The smallest absolute Gasteiger partial charge is 0.353 e. The zero-order chi connectivity index (χ0) is 24.3. The molecule has 0 amide bonds. The minimum Gasteiger partial charge on any atom is -0.459 e. The number of carbonyl (C=O) groups excluding carboxylic acids is 1. The summed E-state index contributed by atoms with van der Waals surface area (Å²) in [5, 5.41) is 12.0. The van der Waals surface area contributed by atoms with Gasteiger partial charge in [0.05, 0.1) is 4.92 Å². The number of rotatable bonds is 6. The summed E-state index contributed by atoms with van der Waals surface area (Å²) in [6, 6.07) is 6.38. The Morgan fingerprint density at radius 1 is 1.12 bits per heavy atom. The first-order valence-electron chi connectivity index (χ1n) is 11.0. The normalized spacial score (nSPS) is 14.2. The molecular weight excluding hydrogens is 424 g/mol. The maximum atomic E-state index is 12.2. The Morgan fingerprint density at radius 3 is 2.33 bits per heavy atom. The third-order valence-corrected chi connectivity index (χ3v) is 5.55. The van der Waals surface area contributed by atoms with Crippen LogP contribution in [0.3, 0.4) is 0 Å². The molecule has 178 valence electrons. The summed E-state index contributed by atoms with van der Waals surface area (Å²) in [6.45, 7) is 11.9. The number of hydrogen-bond donors (Lipinski definition) is 0. The number of esters is 1. The Labute approximate surface area is 194 Å². The van der Waals surface area contributed by atoms with Gasteiger partial charge in [0.15, 0.2) is 0 Å². The minimum atomic E-state index is -0.643. The minimum absolute atomic E-state index is 0.0902. The van der Waals surface area contributed by atoms with Gasteiger partial charge in [0.2, 0.25) is 11.6 Å². The van der Waals surface area contributed by atoms with Crippen LogP contribution in [0.4, 0.5) is 23.0 Å². The Morgan fingerprint density at radius 2 is 1.76 bits per heavy atom. The lowest BCUT2D eigenvalue weighted by atomic mass is 10.1. The lowest BCUT2D eigenvalue weighted by molar-refractivity contribution is -0.383. The first kappa shape index (κ1) is 24.2. The van der Waals surface area contributed by atoms with E-state index in [2.05, 4.69) is 46.9 Å². The second-order valence-corrected chi connectivity index (χ2v) is 9.31. The van der Waals surface area contributed by atoms with Gasteiger partial charge in [0.1, 0.15) is 18.5 Å². The van der Waals surface area contributed by atoms with Crippen molar-refractivity contribution in [2.24, 2.45) is 0 Å². The van der Waals surface area contributed by atoms with Crippen molar-refractivity contribution in [1.29, 1.82) is 0 Å². The van der Waals surface area contributed by atoms with Crippen molar-refractivity contribution in [2.75, 3.05) is 54.5 Å². The van der Waals surface area contributed by atoms with Gasteiger partial charge in [-0.25, -0.2) is 9.97 Å². The second kappa shape index (κ2) is 9.60. The van der Waals surface area contributed by atoms with E-state index in [0.29, 0.717) is 26.2 Å². The van der Waals surface area contributed by atoms with Gasteiger partial charge in [0, 0.05) is 38.9 Å². The van der Waals surface area contributed by atoms with E-state index in [-0.39, 0.29) is 23.9 Å². The van der Waals surface area contributed by atoms with Crippen LogP contribution in [0.15, 0.2) is 24.5 Å². The molecule has 1 fully saturated rings. The first-order chi connectivity index (χ1) is 15.5. The van der Waals surface area contributed by atoms with Crippen molar-refractivity contribution in [2.45, 2.75) is 40.2 Å². The number of anilines is 3. The molecule has 2 heterocycles. The van der Waals surface area contributed by atoms with Crippen molar-refractivity contribution < 1.29 is 14.5 Å². The van der Waals surface area contributed by atoms with Crippen LogP contribution in [0.5, 0.6) is 0 Å². The molecule has 1 aliphatic heterocycles. The average Bonchev–Trinajstić information content (AvgIpc) is 2.73. The highest BCUT2D eigenvalue weighted by molar-refractivity contribution is 5.79. The van der Waals surface area contributed by atoms with Gasteiger partial charge in [-0.2, -0.15) is 0 Å². The summed E-state index contributed by atoms with van der Waals surface area (Å²) >= 11 is 0. The van der Waals surface area contributed by atoms with Gasteiger partial charge < -0.3 is 19.4 Å². The Hall–Kier alpha value is -3.43. The topological polar surface area (TPSA) is 105 Å². The number of benzene rings is 1. The molecule has 0 bridgehead atoms. The van der Waals surface area contributed by atoms with Crippen LogP contribution in [0.25, 0.3) is 0 Å². The SMILES string of the molecule is Cc1ccc(N2CCN(c3ncnc(N(C)CC(=O)OC(C)(C)C)c3[N+](=O)[O-])CC2)cc1C. The average molecular weight is 457 g/mol. The molecule has 10 nitrogen and oxygen atoms in total. The molecule has 1 aromatic carbocycles. The molecule has 2 aromatic rings. The number of nitro groups is 1. The molecule has 1 aliphatic rings. The lowest BCUT2D eigenvalue weighted by Crippen LogP contribution is -2.47. The van der Waals surface area contributed by atoms with Crippen LogP contribution in [0.1, 0.15) is 31.9 Å². The van der Waals surface area contributed by atoms with Crippen LogP contribution < -0.4 is 14.7 Å². The summed E-state index contributed by atoms with van der Waals surface area (Å²) in [5.41, 5.74) is 2.78. The highest BCUT2D eigenvalue weighted by atomic mass is 16.6. The molecule has 0 aliphatic carbocycles. The molecule has 1 aromatic heterocycles. The molecule has 1 saturated heterocycles. The van der Waals surface area contributed by atoms with Gasteiger partial charge in [-0.3, -0.25) is 14.9 Å². The van der Waals surface area contributed by atoms with Crippen molar-refractivity contribution >= 4 is 29.0 Å². The third kappa shape index (κ3) is 5.88. The Balaban J connectivity index is 1.78. The summed E-state index contributed by atoms with van der Waals surface area (Å²) < 4.78 is 5.34. The van der Waals surface area contributed by atoms with Gasteiger partial charge in [0.25, 0.3) is 0 Å². The van der Waals surface area contributed by atoms with Gasteiger partial charge in [-0.05, 0) is 57.9 Å². The summed E-state index contributed by atoms with van der Waals surface area (Å²) in [7, 11) is 1.58. The maximum absolute atomic E-state index is 12.2. The van der Waals surface area contributed by atoms with E-state index in [0.717, 1.165) is 5.69 Å². The summed E-state index contributed by atoms with van der Waals surface area (Å²) in [6.07, 6.45) is 1.30. The molecule has 0 unspecified atom stereocenters. The molecule has 0 N–H and O–H groups in total. The molecule has 0 spiro atoms. The first-order valence-corrected chi connectivity index (χ1v) is 11.0. The standard InChI is InChI=1S/C23H32N6O4/c1-16-7-8-18(13-17(16)2)27-9-11-28(12-10-27)22-20(29(31)32)21(24-15-25-22)26(6)14-19(30)33-23(3,4)5/h7-8,13,15H,9-12,14H2,1-6H3. The lowest BCUT2D eigenvalue weighted by Gasteiger charge is -2.36. The van der Waals surface area contributed by atoms with E-state index in [9.17, 15) is 14.9 Å². The van der Waals surface area contributed by atoms with Crippen molar-refractivity contribution in [1.82, 2.24) is 9.97 Å². The zero-order valence-corrected chi connectivity index (χ0v) is 20.2.